The van der Waals surface area contributed by atoms with Gasteiger partial charge in [-0.25, -0.2) is 8.78 Å². The van der Waals surface area contributed by atoms with Crippen LogP contribution >= 0.6 is 24.0 Å². The number of aromatic hydroxyl groups is 1. The zero-order valence-corrected chi connectivity index (χ0v) is 10.5. The van der Waals surface area contributed by atoms with E-state index < -0.39 is 18.6 Å². The van der Waals surface area contributed by atoms with E-state index in [2.05, 4.69) is 0 Å². The molecule has 0 amide bonds. The summed E-state index contributed by atoms with van der Waals surface area (Å²) in [4.78, 5) is 0. The minimum absolute atomic E-state index is 0. The third kappa shape index (κ3) is 3.42. The molecule has 0 aliphatic heterocycles. The number of hydrogen-bond acceptors (Lipinski definition) is 3. The zero-order chi connectivity index (χ0) is 12.5. The van der Waals surface area contributed by atoms with E-state index in [-0.39, 0.29) is 28.7 Å². The highest BCUT2D eigenvalue weighted by Crippen LogP contribution is 2.37. The van der Waals surface area contributed by atoms with Crippen LogP contribution in [-0.2, 0) is 0 Å². The predicted molar refractivity (Wildman–Crippen MR) is 64.1 cm³/mol. The smallest absolute Gasteiger partial charge is 0.289 e. The number of aliphatic hydroxyl groups excluding tert-OH is 1. The van der Waals surface area contributed by atoms with Crippen molar-refractivity contribution in [3.8, 4) is 5.75 Å². The topological polar surface area (TPSA) is 66.5 Å². The second kappa shape index (κ2) is 5.82. The normalized spacial score (nSPS) is 13.1. The van der Waals surface area contributed by atoms with Gasteiger partial charge in [-0.15, -0.1) is 12.4 Å². The van der Waals surface area contributed by atoms with E-state index in [4.69, 9.17) is 22.4 Å². The van der Waals surface area contributed by atoms with Crippen molar-refractivity contribution < 1.29 is 19.0 Å². The standard InChI is InChI=1S/C10H12ClF2NO2.ClH/c1-5-2-6(11)3-7(8(5)16)9(14)10(12,13)4-15;/h2-3,9,15-16H,4,14H2,1H3;1H/t9-;/m1./s1. The van der Waals surface area contributed by atoms with Crippen LogP contribution in [0.3, 0.4) is 0 Å². The molecule has 0 radical (unpaired) electrons. The Morgan fingerprint density at radius 3 is 2.47 bits per heavy atom. The molecular weight excluding hydrogens is 275 g/mol. The molecule has 0 bridgehead atoms. The number of hydrogen-bond donors (Lipinski definition) is 3. The van der Waals surface area contributed by atoms with Crippen LogP contribution in [0.4, 0.5) is 8.78 Å². The van der Waals surface area contributed by atoms with E-state index in [0.717, 1.165) is 6.07 Å². The third-order valence-electron chi connectivity index (χ3n) is 2.30. The van der Waals surface area contributed by atoms with Gasteiger partial charge in [-0.2, -0.15) is 0 Å². The number of rotatable bonds is 3. The molecule has 7 heteroatoms. The number of alkyl halides is 2. The van der Waals surface area contributed by atoms with Gasteiger partial charge in [0, 0.05) is 10.6 Å². The fourth-order valence-corrected chi connectivity index (χ4v) is 1.61. The Balaban J connectivity index is 0.00000256. The van der Waals surface area contributed by atoms with Gasteiger partial charge in [0.1, 0.15) is 18.4 Å². The summed E-state index contributed by atoms with van der Waals surface area (Å²) in [5, 5.41) is 18.3. The van der Waals surface area contributed by atoms with Crippen molar-refractivity contribution in [3.05, 3.63) is 28.3 Å². The summed E-state index contributed by atoms with van der Waals surface area (Å²) in [5.41, 5.74) is 5.47. The van der Waals surface area contributed by atoms with Gasteiger partial charge in [-0.3, -0.25) is 0 Å². The van der Waals surface area contributed by atoms with Crippen LogP contribution in [0.2, 0.25) is 5.02 Å². The summed E-state index contributed by atoms with van der Waals surface area (Å²) in [6.45, 7) is 0.133. The second-order valence-corrected chi connectivity index (χ2v) is 3.99. The summed E-state index contributed by atoms with van der Waals surface area (Å²) in [5.74, 6) is -3.83. The molecule has 0 spiro atoms. The van der Waals surface area contributed by atoms with Gasteiger partial charge in [0.15, 0.2) is 0 Å². The number of phenolic OH excluding ortho intramolecular Hbond substituents is 1. The molecule has 98 valence electrons. The van der Waals surface area contributed by atoms with Crippen LogP contribution in [0, 0.1) is 6.92 Å². The van der Waals surface area contributed by atoms with Crippen LogP contribution in [0.15, 0.2) is 12.1 Å². The third-order valence-corrected chi connectivity index (χ3v) is 2.51. The van der Waals surface area contributed by atoms with Gasteiger partial charge in [0.05, 0.1) is 0 Å². The Hall–Kier alpha value is -0.620. The summed E-state index contributed by atoms with van der Waals surface area (Å²) >= 11 is 5.69. The molecule has 0 aromatic heterocycles. The summed E-state index contributed by atoms with van der Waals surface area (Å²) < 4.78 is 26.3. The van der Waals surface area contributed by atoms with E-state index in [0.29, 0.717) is 5.56 Å². The molecule has 0 aliphatic rings. The molecule has 3 nitrogen and oxygen atoms in total. The van der Waals surface area contributed by atoms with E-state index >= 15 is 0 Å². The van der Waals surface area contributed by atoms with Gasteiger partial charge < -0.3 is 15.9 Å². The summed E-state index contributed by atoms with van der Waals surface area (Å²) in [7, 11) is 0. The monoisotopic (exact) mass is 287 g/mol. The molecule has 0 unspecified atom stereocenters. The summed E-state index contributed by atoms with van der Waals surface area (Å²) in [6.07, 6.45) is 0. The van der Waals surface area contributed by atoms with E-state index in [1.165, 1.54) is 13.0 Å². The number of aryl methyl sites for hydroxylation is 1. The average Bonchev–Trinajstić information content (AvgIpc) is 2.22. The molecule has 0 saturated carbocycles. The van der Waals surface area contributed by atoms with Crippen LogP contribution in [0.25, 0.3) is 0 Å². The molecule has 0 fully saturated rings. The van der Waals surface area contributed by atoms with Gasteiger partial charge in [0.2, 0.25) is 0 Å². The largest absolute Gasteiger partial charge is 0.507 e. The first-order valence-electron chi connectivity index (χ1n) is 4.53. The Morgan fingerprint density at radius 1 is 1.47 bits per heavy atom. The highest BCUT2D eigenvalue weighted by molar-refractivity contribution is 6.30. The van der Waals surface area contributed by atoms with Gasteiger partial charge >= 0.3 is 0 Å². The second-order valence-electron chi connectivity index (χ2n) is 3.56. The molecule has 0 heterocycles. The first-order valence-corrected chi connectivity index (χ1v) is 4.90. The maximum absolute atomic E-state index is 13.1. The maximum atomic E-state index is 13.1. The minimum Gasteiger partial charge on any atom is -0.507 e. The molecule has 4 N–H and O–H groups in total. The van der Waals surface area contributed by atoms with Crippen molar-refractivity contribution >= 4 is 24.0 Å². The molecule has 0 aliphatic carbocycles. The molecule has 0 saturated heterocycles. The predicted octanol–water partition coefficient (Wildman–Crippen LogP) is 2.40. The zero-order valence-electron chi connectivity index (χ0n) is 8.95. The lowest BCUT2D eigenvalue weighted by Crippen LogP contribution is -2.36. The molecule has 1 aromatic carbocycles. The molecule has 1 rings (SSSR count). The maximum Gasteiger partial charge on any atom is 0.289 e. The van der Waals surface area contributed by atoms with Crippen molar-refractivity contribution in [3.63, 3.8) is 0 Å². The average molecular weight is 288 g/mol. The number of aliphatic hydroxyl groups is 1. The fraction of sp³-hybridized carbons (Fsp3) is 0.400. The van der Waals surface area contributed by atoms with Crippen LogP contribution < -0.4 is 5.73 Å². The quantitative estimate of drug-likeness (QED) is 0.800. The Morgan fingerprint density at radius 2 is 2.00 bits per heavy atom. The number of phenols is 1. The van der Waals surface area contributed by atoms with Crippen LogP contribution in [0.5, 0.6) is 5.75 Å². The first-order chi connectivity index (χ1) is 7.29. The molecule has 1 atom stereocenters. The van der Waals surface area contributed by atoms with Crippen molar-refractivity contribution in [1.82, 2.24) is 0 Å². The molecular formula is C10H13Cl2F2NO2. The Labute approximate surface area is 109 Å². The lowest BCUT2D eigenvalue weighted by molar-refractivity contribution is -0.0716. The van der Waals surface area contributed by atoms with E-state index in [9.17, 15) is 13.9 Å². The molecule has 17 heavy (non-hydrogen) atoms. The number of halogens is 4. The van der Waals surface area contributed by atoms with E-state index in [1.54, 1.807) is 0 Å². The van der Waals surface area contributed by atoms with Gasteiger partial charge in [0.25, 0.3) is 5.92 Å². The van der Waals surface area contributed by atoms with Crippen molar-refractivity contribution in [1.29, 1.82) is 0 Å². The van der Waals surface area contributed by atoms with Crippen molar-refractivity contribution in [2.45, 2.75) is 18.9 Å². The van der Waals surface area contributed by atoms with E-state index in [1.807, 2.05) is 0 Å². The highest BCUT2D eigenvalue weighted by atomic mass is 35.5. The van der Waals surface area contributed by atoms with Crippen LogP contribution in [-0.4, -0.2) is 22.7 Å². The lowest BCUT2D eigenvalue weighted by atomic mass is 9.98. The number of benzene rings is 1. The molecule has 1 aromatic rings. The van der Waals surface area contributed by atoms with Gasteiger partial charge in [-0.05, 0) is 24.6 Å². The highest BCUT2D eigenvalue weighted by Gasteiger charge is 2.39. The number of nitrogens with two attached hydrogens (primary N) is 1. The Bertz CT molecular complexity index is 402. The van der Waals surface area contributed by atoms with Crippen LogP contribution in [0.1, 0.15) is 17.2 Å². The SMILES string of the molecule is Cc1cc(Cl)cc([C@@H](N)C(F)(F)CO)c1O.Cl. The lowest BCUT2D eigenvalue weighted by Gasteiger charge is -2.23. The fourth-order valence-electron chi connectivity index (χ4n) is 1.32. The Kier molecular flexibility index (Phi) is 5.61. The van der Waals surface area contributed by atoms with Gasteiger partial charge in [-0.1, -0.05) is 11.6 Å². The summed E-state index contributed by atoms with van der Waals surface area (Å²) in [6, 6.07) is 0.803. The van der Waals surface area contributed by atoms with Crippen molar-refractivity contribution in [2.75, 3.05) is 6.61 Å². The first kappa shape index (κ1) is 16.4. The van der Waals surface area contributed by atoms with Crippen molar-refractivity contribution in [2.24, 2.45) is 5.73 Å². The minimum atomic E-state index is -3.51.